The van der Waals surface area contributed by atoms with Gasteiger partial charge in [0.15, 0.2) is 0 Å². The molecule has 3 aromatic rings. The van der Waals surface area contributed by atoms with E-state index < -0.39 is 27.7 Å². The number of nitrogens with zero attached hydrogens (tertiary/aromatic N) is 1. The van der Waals surface area contributed by atoms with E-state index in [0.29, 0.717) is 23.5 Å². The van der Waals surface area contributed by atoms with Gasteiger partial charge in [0.25, 0.3) is 10.0 Å². The number of ether oxygens (including phenoxy) is 2. The molecule has 0 aromatic heterocycles. The minimum atomic E-state index is -4.67. The highest BCUT2D eigenvalue weighted by Gasteiger charge is 2.34. The topological polar surface area (TPSA) is 93.1 Å². The number of anilines is 1. The summed E-state index contributed by atoms with van der Waals surface area (Å²) in [6.07, 6.45) is -2.30. The smallest absolute Gasteiger partial charge is 0.416 e. The molecule has 3 rings (SSSR count). The molecule has 1 N–H and O–H groups in total. The molecule has 0 atom stereocenters. The van der Waals surface area contributed by atoms with Gasteiger partial charge in [0.05, 0.1) is 22.8 Å². The molecule has 214 valence electrons. The van der Waals surface area contributed by atoms with Crippen LogP contribution in [0.1, 0.15) is 37.5 Å². The van der Waals surface area contributed by atoms with Crippen LogP contribution in [0.25, 0.3) is 6.08 Å². The van der Waals surface area contributed by atoms with Gasteiger partial charge in [-0.25, -0.2) is 13.2 Å². The monoisotopic (exact) mass is 577 g/mol. The lowest BCUT2D eigenvalue weighted by atomic mass is 10.1. The van der Waals surface area contributed by atoms with Gasteiger partial charge in [-0.05, 0) is 72.5 Å². The van der Waals surface area contributed by atoms with Crippen LogP contribution in [0.3, 0.4) is 0 Å². The van der Waals surface area contributed by atoms with Crippen LogP contribution < -0.4 is 13.8 Å². The highest BCUT2D eigenvalue weighted by atomic mass is 32.2. The molecule has 0 fully saturated rings. The number of benzene rings is 3. The number of hydrogen-bond donors (Lipinski definition) is 1. The van der Waals surface area contributed by atoms with E-state index in [2.05, 4.69) is 0 Å². The fourth-order valence-corrected chi connectivity index (χ4v) is 5.36. The fourth-order valence-electron chi connectivity index (χ4n) is 3.73. The third kappa shape index (κ3) is 8.01. The minimum Gasteiger partial charge on any atom is -0.494 e. The summed E-state index contributed by atoms with van der Waals surface area (Å²) in [6, 6.07) is 15.1. The first-order valence-corrected chi connectivity index (χ1v) is 13.8. The fraction of sp³-hybridized carbons (Fsp3) is 0.276. The van der Waals surface area contributed by atoms with E-state index in [-0.39, 0.29) is 35.4 Å². The number of alkyl halides is 3. The van der Waals surface area contributed by atoms with Gasteiger partial charge in [0, 0.05) is 12.6 Å². The molecule has 0 unspecified atom stereocenters. The quantitative estimate of drug-likeness (QED) is 0.243. The molecule has 0 saturated heterocycles. The number of halogens is 3. The maximum absolute atomic E-state index is 13.8. The SMILES string of the molecule is CCOc1ccc(S(=O)(=O)N(CC(C)C)c2ccc(C(F)(F)F)cc2OCc2ccc(C=CC(=O)O)cc2)cc1. The number of carbonyl (C=O) groups is 1. The lowest BCUT2D eigenvalue weighted by Crippen LogP contribution is -2.34. The van der Waals surface area contributed by atoms with E-state index in [0.717, 1.165) is 28.6 Å². The summed E-state index contributed by atoms with van der Waals surface area (Å²) in [4.78, 5) is 10.7. The van der Waals surface area contributed by atoms with Gasteiger partial charge in [0.2, 0.25) is 0 Å². The molecule has 40 heavy (non-hydrogen) atoms. The van der Waals surface area contributed by atoms with Crippen molar-refractivity contribution >= 4 is 27.8 Å². The summed E-state index contributed by atoms with van der Waals surface area (Å²) in [5.74, 6) is -1.03. The maximum Gasteiger partial charge on any atom is 0.416 e. The van der Waals surface area contributed by atoms with Gasteiger partial charge in [-0.2, -0.15) is 13.2 Å². The van der Waals surface area contributed by atoms with Crippen molar-refractivity contribution in [3.8, 4) is 11.5 Å². The Morgan fingerprint density at radius 3 is 2.20 bits per heavy atom. The van der Waals surface area contributed by atoms with Crippen LogP contribution in [0.4, 0.5) is 18.9 Å². The Balaban J connectivity index is 2.01. The van der Waals surface area contributed by atoms with Gasteiger partial charge in [-0.1, -0.05) is 38.1 Å². The molecular formula is C29H30F3NO6S. The normalized spacial score (nSPS) is 12.1. The second-order valence-electron chi connectivity index (χ2n) is 9.22. The molecule has 0 aliphatic carbocycles. The molecule has 0 aliphatic rings. The zero-order valence-corrected chi connectivity index (χ0v) is 23.0. The van der Waals surface area contributed by atoms with Crippen molar-refractivity contribution < 1.29 is 41.0 Å². The third-order valence-corrected chi connectivity index (χ3v) is 7.40. The lowest BCUT2D eigenvalue weighted by Gasteiger charge is -2.28. The highest BCUT2D eigenvalue weighted by molar-refractivity contribution is 7.92. The number of aliphatic carboxylic acids is 1. The summed E-state index contributed by atoms with van der Waals surface area (Å²) < 4.78 is 80.6. The Kier molecular flexibility index (Phi) is 9.86. The van der Waals surface area contributed by atoms with Gasteiger partial charge >= 0.3 is 12.1 Å². The van der Waals surface area contributed by atoms with Crippen LogP contribution in [-0.2, 0) is 27.6 Å². The van der Waals surface area contributed by atoms with E-state index in [9.17, 15) is 26.4 Å². The van der Waals surface area contributed by atoms with E-state index in [1.807, 2.05) is 0 Å². The van der Waals surface area contributed by atoms with Crippen LogP contribution in [0.5, 0.6) is 11.5 Å². The van der Waals surface area contributed by atoms with Crippen LogP contribution in [-0.4, -0.2) is 32.6 Å². The summed E-state index contributed by atoms with van der Waals surface area (Å²) in [7, 11) is -4.19. The summed E-state index contributed by atoms with van der Waals surface area (Å²) in [5.41, 5.74) is 0.177. The predicted molar refractivity (Wildman–Crippen MR) is 146 cm³/mol. The molecule has 11 heteroatoms. The molecule has 0 amide bonds. The second-order valence-corrected chi connectivity index (χ2v) is 11.1. The van der Waals surface area contributed by atoms with Crippen molar-refractivity contribution in [3.05, 3.63) is 89.5 Å². The van der Waals surface area contributed by atoms with Crippen molar-refractivity contribution in [2.24, 2.45) is 5.92 Å². The number of rotatable bonds is 12. The van der Waals surface area contributed by atoms with Crippen molar-refractivity contribution in [1.29, 1.82) is 0 Å². The minimum absolute atomic E-state index is 0.0120. The second kappa shape index (κ2) is 12.9. The number of carboxylic acids is 1. The van der Waals surface area contributed by atoms with Crippen LogP contribution in [0.2, 0.25) is 0 Å². The molecule has 3 aromatic carbocycles. The molecular weight excluding hydrogens is 547 g/mol. The third-order valence-electron chi connectivity index (χ3n) is 5.60. The molecule has 0 spiro atoms. The molecule has 7 nitrogen and oxygen atoms in total. The Labute approximate surface area is 231 Å². The summed E-state index contributed by atoms with van der Waals surface area (Å²) >= 11 is 0. The number of carboxylic acid groups (broad SMARTS) is 1. The van der Waals surface area contributed by atoms with Crippen LogP contribution in [0, 0.1) is 5.92 Å². The summed E-state index contributed by atoms with van der Waals surface area (Å²) in [6.45, 7) is 5.63. The summed E-state index contributed by atoms with van der Waals surface area (Å²) in [5, 5.41) is 8.77. The highest BCUT2D eigenvalue weighted by Crippen LogP contribution is 2.39. The Bertz CT molecular complexity index is 1430. The lowest BCUT2D eigenvalue weighted by molar-refractivity contribution is -0.137. The first-order valence-electron chi connectivity index (χ1n) is 12.4. The Hall–Kier alpha value is -3.99. The molecule has 0 saturated carbocycles. The van der Waals surface area contributed by atoms with Gasteiger partial charge in [-0.3, -0.25) is 4.31 Å². The molecule has 0 radical (unpaired) electrons. The zero-order chi connectivity index (χ0) is 29.5. The molecule has 0 heterocycles. The van der Waals surface area contributed by atoms with E-state index >= 15 is 0 Å². The van der Waals surface area contributed by atoms with E-state index in [4.69, 9.17) is 14.6 Å². The zero-order valence-electron chi connectivity index (χ0n) is 22.2. The standard InChI is InChI=1S/C29H30F3NO6S/c1-4-38-24-11-13-25(14-12-24)40(36,37)33(18-20(2)3)26-15-10-23(29(30,31)32)17-27(26)39-19-22-7-5-21(6-8-22)9-16-28(34)35/h5-17,20H,4,18-19H2,1-3H3,(H,34,35). The Morgan fingerprint density at radius 1 is 1.00 bits per heavy atom. The number of sulfonamides is 1. The van der Waals surface area contributed by atoms with E-state index in [1.54, 1.807) is 45.0 Å². The van der Waals surface area contributed by atoms with Gasteiger partial charge < -0.3 is 14.6 Å². The molecule has 0 aliphatic heterocycles. The first-order chi connectivity index (χ1) is 18.8. The van der Waals surface area contributed by atoms with Gasteiger partial charge in [-0.15, -0.1) is 0 Å². The average Bonchev–Trinajstić information content (AvgIpc) is 2.89. The van der Waals surface area contributed by atoms with Gasteiger partial charge in [0.1, 0.15) is 18.1 Å². The van der Waals surface area contributed by atoms with Crippen molar-refractivity contribution in [3.63, 3.8) is 0 Å². The average molecular weight is 578 g/mol. The first kappa shape index (κ1) is 30.6. The Morgan fingerprint density at radius 2 is 1.65 bits per heavy atom. The van der Waals surface area contributed by atoms with Crippen LogP contribution in [0.15, 0.2) is 77.7 Å². The maximum atomic E-state index is 13.8. The van der Waals surface area contributed by atoms with Crippen LogP contribution >= 0.6 is 0 Å². The number of hydrogen-bond acceptors (Lipinski definition) is 5. The van der Waals surface area contributed by atoms with Crippen molar-refractivity contribution in [2.45, 2.75) is 38.4 Å². The predicted octanol–water partition coefficient (Wildman–Crippen LogP) is 6.63. The van der Waals surface area contributed by atoms with Crippen molar-refractivity contribution in [1.82, 2.24) is 0 Å². The largest absolute Gasteiger partial charge is 0.494 e. The van der Waals surface area contributed by atoms with E-state index in [1.165, 1.54) is 30.3 Å². The molecule has 0 bridgehead atoms. The van der Waals surface area contributed by atoms with Crippen molar-refractivity contribution in [2.75, 3.05) is 17.5 Å².